The second-order valence-electron chi connectivity index (χ2n) is 2.81. The fourth-order valence-electron chi connectivity index (χ4n) is 1.14. The van der Waals surface area contributed by atoms with Crippen molar-refractivity contribution in [2.24, 2.45) is 0 Å². The van der Waals surface area contributed by atoms with Gasteiger partial charge in [-0.2, -0.15) is 0 Å². The van der Waals surface area contributed by atoms with Crippen LogP contribution in [0.25, 0.3) is 11.0 Å². The Hall–Kier alpha value is -1.39. The van der Waals surface area contributed by atoms with E-state index in [9.17, 15) is 4.79 Å². The molecule has 0 aliphatic carbocycles. The average molecular weight is 243 g/mol. The molecule has 0 fully saturated rings. The lowest BCUT2D eigenvalue weighted by molar-refractivity contribution is 0.0697. The van der Waals surface area contributed by atoms with E-state index in [4.69, 9.17) is 28.3 Å². The number of hydrogen-bond donors (Lipinski definition) is 1. The van der Waals surface area contributed by atoms with Crippen molar-refractivity contribution in [2.45, 2.75) is 0 Å². The highest BCUT2D eigenvalue weighted by Gasteiger charge is 2.08. The SMILES string of the molecule is O=C(O)c1ccc2nc(Cl)c(Cl)nc2c1. The summed E-state index contributed by atoms with van der Waals surface area (Å²) in [6, 6.07) is 4.37. The molecule has 0 unspecified atom stereocenters. The van der Waals surface area contributed by atoms with Crippen LogP contribution in [0.4, 0.5) is 0 Å². The van der Waals surface area contributed by atoms with Crippen LogP contribution >= 0.6 is 23.2 Å². The molecule has 0 amide bonds. The number of aromatic carboxylic acids is 1. The number of fused-ring (bicyclic) bond motifs is 1. The molecular weight excluding hydrogens is 239 g/mol. The summed E-state index contributed by atoms with van der Waals surface area (Å²) < 4.78 is 0. The van der Waals surface area contributed by atoms with Crippen LogP contribution in [-0.2, 0) is 0 Å². The molecule has 0 aliphatic rings. The van der Waals surface area contributed by atoms with E-state index in [0.717, 1.165) is 0 Å². The molecule has 15 heavy (non-hydrogen) atoms. The Kier molecular flexibility index (Phi) is 2.46. The van der Waals surface area contributed by atoms with E-state index in [2.05, 4.69) is 9.97 Å². The van der Waals surface area contributed by atoms with Gasteiger partial charge in [-0.15, -0.1) is 0 Å². The zero-order chi connectivity index (χ0) is 11.0. The van der Waals surface area contributed by atoms with Gasteiger partial charge in [0.2, 0.25) is 0 Å². The van der Waals surface area contributed by atoms with Crippen molar-refractivity contribution >= 4 is 40.2 Å². The predicted octanol–water partition coefficient (Wildman–Crippen LogP) is 2.63. The lowest BCUT2D eigenvalue weighted by Crippen LogP contribution is -1.97. The van der Waals surface area contributed by atoms with Crippen LogP contribution in [-0.4, -0.2) is 21.0 Å². The van der Waals surface area contributed by atoms with E-state index in [0.29, 0.717) is 11.0 Å². The van der Waals surface area contributed by atoms with Gasteiger partial charge in [-0.25, -0.2) is 14.8 Å². The summed E-state index contributed by atoms with van der Waals surface area (Å²) in [6.07, 6.45) is 0. The molecule has 2 rings (SSSR count). The smallest absolute Gasteiger partial charge is 0.335 e. The molecule has 2 aromatic rings. The largest absolute Gasteiger partial charge is 0.478 e. The van der Waals surface area contributed by atoms with Gasteiger partial charge in [0.05, 0.1) is 16.6 Å². The number of aromatic nitrogens is 2. The molecule has 1 N–H and O–H groups in total. The van der Waals surface area contributed by atoms with Gasteiger partial charge in [0.25, 0.3) is 0 Å². The Balaban J connectivity index is 2.72. The number of benzene rings is 1. The van der Waals surface area contributed by atoms with Gasteiger partial charge in [0.1, 0.15) is 0 Å². The first-order valence-electron chi connectivity index (χ1n) is 3.94. The highest BCUT2D eigenvalue weighted by atomic mass is 35.5. The molecule has 0 radical (unpaired) electrons. The van der Waals surface area contributed by atoms with E-state index >= 15 is 0 Å². The molecular formula is C9H4Cl2N2O2. The number of nitrogens with zero attached hydrogens (tertiary/aromatic N) is 2. The number of hydrogen-bond acceptors (Lipinski definition) is 3. The number of carbonyl (C=O) groups is 1. The number of rotatable bonds is 1. The molecule has 0 bridgehead atoms. The van der Waals surface area contributed by atoms with Gasteiger partial charge >= 0.3 is 5.97 Å². The summed E-state index contributed by atoms with van der Waals surface area (Å²) in [5, 5.41) is 8.93. The maximum Gasteiger partial charge on any atom is 0.335 e. The van der Waals surface area contributed by atoms with Crippen LogP contribution in [0.1, 0.15) is 10.4 Å². The molecule has 0 aliphatic heterocycles. The molecule has 1 aromatic carbocycles. The minimum atomic E-state index is -1.02. The molecule has 1 aromatic heterocycles. The third-order valence-electron chi connectivity index (χ3n) is 1.83. The zero-order valence-corrected chi connectivity index (χ0v) is 8.75. The minimum absolute atomic E-state index is 0.0618. The summed E-state index contributed by atoms with van der Waals surface area (Å²) in [4.78, 5) is 18.6. The highest BCUT2D eigenvalue weighted by molar-refractivity contribution is 6.40. The summed E-state index contributed by atoms with van der Waals surface area (Å²) in [5.74, 6) is -1.02. The molecule has 0 spiro atoms. The minimum Gasteiger partial charge on any atom is -0.478 e. The topological polar surface area (TPSA) is 63.1 Å². The van der Waals surface area contributed by atoms with Crippen LogP contribution in [0.3, 0.4) is 0 Å². The van der Waals surface area contributed by atoms with Gasteiger partial charge < -0.3 is 5.11 Å². The van der Waals surface area contributed by atoms with E-state index in [-0.39, 0.29) is 15.9 Å². The van der Waals surface area contributed by atoms with Crippen LogP contribution in [0.2, 0.25) is 10.3 Å². The van der Waals surface area contributed by atoms with E-state index in [1.54, 1.807) is 0 Å². The van der Waals surface area contributed by atoms with Crippen molar-refractivity contribution in [3.05, 3.63) is 34.1 Å². The van der Waals surface area contributed by atoms with Crippen molar-refractivity contribution in [3.8, 4) is 0 Å². The van der Waals surface area contributed by atoms with Crippen molar-refractivity contribution in [1.82, 2.24) is 9.97 Å². The molecule has 6 heteroatoms. The van der Waals surface area contributed by atoms with Gasteiger partial charge in [-0.05, 0) is 18.2 Å². The second kappa shape index (κ2) is 3.64. The standard InChI is InChI=1S/C9H4Cl2N2O2/c10-7-8(11)13-6-3-4(9(14)15)1-2-5(6)12-7/h1-3H,(H,14,15). The van der Waals surface area contributed by atoms with E-state index < -0.39 is 5.97 Å². The summed E-state index contributed by atoms with van der Waals surface area (Å²) in [7, 11) is 0. The molecule has 4 nitrogen and oxygen atoms in total. The average Bonchev–Trinajstić information content (AvgIpc) is 2.19. The number of halogens is 2. The third-order valence-corrected chi connectivity index (χ3v) is 2.45. The lowest BCUT2D eigenvalue weighted by atomic mass is 10.2. The predicted molar refractivity (Wildman–Crippen MR) is 56.5 cm³/mol. The lowest BCUT2D eigenvalue weighted by Gasteiger charge is -2.00. The molecule has 0 saturated heterocycles. The van der Waals surface area contributed by atoms with Crippen molar-refractivity contribution in [2.75, 3.05) is 0 Å². The quantitative estimate of drug-likeness (QED) is 0.836. The fourth-order valence-corrected chi connectivity index (χ4v) is 1.41. The maximum atomic E-state index is 10.7. The Morgan fingerprint density at radius 3 is 2.33 bits per heavy atom. The van der Waals surface area contributed by atoms with Crippen molar-refractivity contribution in [1.29, 1.82) is 0 Å². The zero-order valence-electron chi connectivity index (χ0n) is 7.24. The Morgan fingerprint density at radius 1 is 1.13 bits per heavy atom. The van der Waals surface area contributed by atoms with Crippen molar-refractivity contribution in [3.63, 3.8) is 0 Å². The molecule has 0 saturated carbocycles. The van der Waals surface area contributed by atoms with Crippen LogP contribution in [0, 0.1) is 0 Å². The Labute approximate surface area is 94.5 Å². The first-order chi connectivity index (χ1) is 7.08. The normalized spacial score (nSPS) is 10.5. The first kappa shape index (κ1) is 10.1. The summed E-state index contributed by atoms with van der Waals surface area (Å²) in [5.41, 5.74) is 1.05. The van der Waals surface area contributed by atoms with Crippen LogP contribution in [0.15, 0.2) is 18.2 Å². The Bertz CT molecular complexity index is 557. The molecule has 0 atom stereocenters. The van der Waals surface area contributed by atoms with Gasteiger partial charge in [0.15, 0.2) is 10.3 Å². The Morgan fingerprint density at radius 2 is 1.73 bits per heavy atom. The van der Waals surface area contributed by atoms with Crippen LogP contribution < -0.4 is 0 Å². The number of carboxylic acids is 1. The van der Waals surface area contributed by atoms with Crippen molar-refractivity contribution < 1.29 is 9.90 Å². The first-order valence-corrected chi connectivity index (χ1v) is 4.69. The summed E-state index contributed by atoms with van der Waals surface area (Å²) >= 11 is 11.3. The van der Waals surface area contributed by atoms with Gasteiger partial charge in [-0.3, -0.25) is 0 Å². The maximum absolute atomic E-state index is 10.7. The fraction of sp³-hybridized carbons (Fsp3) is 0. The van der Waals surface area contributed by atoms with Crippen LogP contribution in [0.5, 0.6) is 0 Å². The van der Waals surface area contributed by atoms with E-state index in [1.807, 2.05) is 0 Å². The molecule has 1 heterocycles. The summed E-state index contributed by atoms with van der Waals surface area (Å²) in [6.45, 7) is 0. The van der Waals surface area contributed by atoms with E-state index in [1.165, 1.54) is 18.2 Å². The third kappa shape index (κ3) is 1.86. The highest BCUT2D eigenvalue weighted by Crippen LogP contribution is 2.21. The van der Waals surface area contributed by atoms with Gasteiger partial charge in [0, 0.05) is 0 Å². The van der Waals surface area contributed by atoms with Gasteiger partial charge in [-0.1, -0.05) is 23.2 Å². The second-order valence-corrected chi connectivity index (χ2v) is 3.53. The number of carboxylic acid groups (broad SMARTS) is 1. The monoisotopic (exact) mass is 242 g/mol. The molecule has 76 valence electrons.